The molecule has 0 aliphatic rings. The monoisotopic (exact) mass is 306 g/mol. The van der Waals surface area contributed by atoms with Crippen molar-refractivity contribution in [1.29, 1.82) is 0 Å². The van der Waals surface area contributed by atoms with Crippen molar-refractivity contribution in [1.82, 2.24) is 0 Å². The number of aromatic carboxylic acids is 1. The SMILES string of the molecule is CC(C)(C)C(=O)Oc1cc(C(=O)O)ccc1OC(F)(F)F. The molecule has 0 fully saturated rings. The molecule has 0 unspecified atom stereocenters. The molecule has 1 N–H and O–H groups in total. The van der Waals surface area contributed by atoms with Crippen molar-refractivity contribution >= 4 is 11.9 Å². The van der Waals surface area contributed by atoms with Crippen LogP contribution in [0.15, 0.2) is 18.2 Å². The predicted molar refractivity (Wildman–Crippen MR) is 65.2 cm³/mol. The van der Waals surface area contributed by atoms with Crippen LogP contribution in [0.1, 0.15) is 31.1 Å². The van der Waals surface area contributed by atoms with Crippen LogP contribution in [-0.4, -0.2) is 23.4 Å². The fourth-order valence-electron chi connectivity index (χ4n) is 1.18. The summed E-state index contributed by atoms with van der Waals surface area (Å²) in [6.45, 7) is 4.50. The molecule has 1 rings (SSSR count). The fourth-order valence-corrected chi connectivity index (χ4v) is 1.18. The molecule has 0 saturated carbocycles. The van der Waals surface area contributed by atoms with E-state index in [4.69, 9.17) is 9.84 Å². The van der Waals surface area contributed by atoms with Gasteiger partial charge < -0.3 is 14.6 Å². The van der Waals surface area contributed by atoms with E-state index in [1.807, 2.05) is 0 Å². The number of esters is 1. The Morgan fingerprint density at radius 1 is 1.10 bits per heavy atom. The van der Waals surface area contributed by atoms with Crippen LogP contribution in [0.3, 0.4) is 0 Å². The molecule has 1 aromatic rings. The van der Waals surface area contributed by atoms with Crippen LogP contribution in [0.25, 0.3) is 0 Å². The van der Waals surface area contributed by atoms with E-state index in [1.165, 1.54) is 20.8 Å². The number of hydrogen-bond acceptors (Lipinski definition) is 4. The molecule has 0 atom stereocenters. The maximum Gasteiger partial charge on any atom is 0.573 e. The van der Waals surface area contributed by atoms with Gasteiger partial charge in [0.25, 0.3) is 0 Å². The fraction of sp³-hybridized carbons (Fsp3) is 0.385. The van der Waals surface area contributed by atoms with Gasteiger partial charge in [0.05, 0.1) is 11.0 Å². The van der Waals surface area contributed by atoms with E-state index >= 15 is 0 Å². The van der Waals surface area contributed by atoms with Gasteiger partial charge in [-0.3, -0.25) is 4.79 Å². The summed E-state index contributed by atoms with van der Waals surface area (Å²) in [5.74, 6) is -3.59. The van der Waals surface area contributed by atoms with Crippen LogP contribution in [0, 0.1) is 5.41 Å². The highest BCUT2D eigenvalue weighted by molar-refractivity contribution is 5.89. The zero-order chi connectivity index (χ0) is 16.4. The minimum atomic E-state index is -4.99. The number of carbonyl (C=O) groups is 2. The van der Waals surface area contributed by atoms with Crippen molar-refractivity contribution in [3.63, 3.8) is 0 Å². The third-order valence-corrected chi connectivity index (χ3v) is 2.23. The molecule has 0 spiro atoms. The van der Waals surface area contributed by atoms with Gasteiger partial charge in [-0.25, -0.2) is 4.79 Å². The lowest BCUT2D eigenvalue weighted by molar-refractivity contribution is -0.275. The first-order valence-electron chi connectivity index (χ1n) is 5.75. The summed E-state index contributed by atoms with van der Waals surface area (Å²) in [4.78, 5) is 22.6. The lowest BCUT2D eigenvalue weighted by atomic mass is 9.97. The number of ether oxygens (including phenoxy) is 2. The quantitative estimate of drug-likeness (QED) is 0.685. The lowest BCUT2D eigenvalue weighted by Crippen LogP contribution is -2.26. The minimum absolute atomic E-state index is 0.332. The second kappa shape index (κ2) is 5.63. The highest BCUT2D eigenvalue weighted by Crippen LogP contribution is 2.34. The van der Waals surface area contributed by atoms with E-state index < -0.39 is 35.2 Å². The average Bonchev–Trinajstić information content (AvgIpc) is 2.27. The topological polar surface area (TPSA) is 72.8 Å². The summed E-state index contributed by atoms with van der Waals surface area (Å²) in [6.07, 6.45) is -4.99. The molecule has 5 nitrogen and oxygen atoms in total. The number of benzene rings is 1. The van der Waals surface area contributed by atoms with Gasteiger partial charge in [-0.15, -0.1) is 13.2 Å². The zero-order valence-corrected chi connectivity index (χ0v) is 11.4. The van der Waals surface area contributed by atoms with E-state index in [-0.39, 0.29) is 5.56 Å². The van der Waals surface area contributed by atoms with E-state index in [0.717, 1.165) is 18.2 Å². The van der Waals surface area contributed by atoms with Crippen molar-refractivity contribution in [2.24, 2.45) is 5.41 Å². The summed E-state index contributed by atoms with van der Waals surface area (Å²) < 4.78 is 45.3. The second-order valence-corrected chi connectivity index (χ2v) is 5.15. The van der Waals surface area contributed by atoms with Crippen LogP contribution in [0.5, 0.6) is 11.5 Å². The van der Waals surface area contributed by atoms with Crippen molar-refractivity contribution in [2.75, 3.05) is 0 Å². The van der Waals surface area contributed by atoms with Gasteiger partial charge in [0.15, 0.2) is 11.5 Å². The second-order valence-electron chi connectivity index (χ2n) is 5.15. The third-order valence-electron chi connectivity index (χ3n) is 2.23. The van der Waals surface area contributed by atoms with Crippen LogP contribution in [-0.2, 0) is 4.79 Å². The molecule has 0 saturated heterocycles. The number of carbonyl (C=O) groups excluding carboxylic acids is 1. The molecule has 116 valence electrons. The van der Waals surface area contributed by atoms with Gasteiger partial charge in [-0.1, -0.05) is 0 Å². The number of carboxylic acid groups (broad SMARTS) is 1. The van der Waals surface area contributed by atoms with E-state index in [9.17, 15) is 22.8 Å². The Morgan fingerprint density at radius 2 is 1.67 bits per heavy atom. The van der Waals surface area contributed by atoms with Crippen LogP contribution >= 0.6 is 0 Å². The Labute approximate surface area is 118 Å². The van der Waals surface area contributed by atoms with Crippen LogP contribution < -0.4 is 9.47 Å². The zero-order valence-electron chi connectivity index (χ0n) is 11.4. The molecule has 0 heterocycles. The Hall–Kier alpha value is -2.25. The number of alkyl halides is 3. The molecular weight excluding hydrogens is 293 g/mol. The number of carboxylic acids is 1. The molecule has 21 heavy (non-hydrogen) atoms. The summed E-state index contributed by atoms with van der Waals surface area (Å²) in [6, 6.07) is 2.49. The maximum atomic E-state index is 12.3. The number of hydrogen-bond donors (Lipinski definition) is 1. The largest absolute Gasteiger partial charge is 0.573 e. The lowest BCUT2D eigenvalue weighted by Gasteiger charge is -2.19. The molecular formula is C13H13F3O5. The first-order chi connectivity index (χ1) is 9.40. The van der Waals surface area contributed by atoms with Gasteiger partial charge in [0.2, 0.25) is 0 Å². The van der Waals surface area contributed by atoms with Crippen molar-refractivity contribution < 1.29 is 37.3 Å². The van der Waals surface area contributed by atoms with E-state index in [2.05, 4.69) is 4.74 Å². The molecule has 0 bridgehead atoms. The highest BCUT2D eigenvalue weighted by Gasteiger charge is 2.34. The normalized spacial score (nSPS) is 11.9. The summed E-state index contributed by atoms with van der Waals surface area (Å²) in [5, 5.41) is 8.82. The van der Waals surface area contributed by atoms with Crippen LogP contribution in [0.2, 0.25) is 0 Å². The first-order valence-corrected chi connectivity index (χ1v) is 5.75. The van der Waals surface area contributed by atoms with Crippen molar-refractivity contribution in [3.8, 4) is 11.5 Å². The van der Waals surface area contributed by atoms with Gasteiger partial charge >= 0.3 is 18.3 Å². The highest BCUT2D eigenvalue weighted by atomic mass is 19.4. The van der Waals surface area contributed by atoms with Gasteiger partial charge in [0.1, 0.15) is 0 Å². The standard InChI is InChI=1S/C13H13F3O5/c1-12(2,3)11(19)20-9-6-7(10(17)18)4-5-8(9)21-13(14,15)16/h4-6H,1-3H3,(H,17,18). The van der Waals surface area contributed by atoms with Gasteiger partial charge in [-0.05, 0) is 39.0 Å². The maximum absolute atomic E-state index is 12.3. The average molecular weight is 306 g/mol. The van der Waals surface area contributed by atoms with E-state index in [0.29, 0.717) is 0 Å². The Balaban J connectivity index is 3.20. The van der Waals surface area contributed by atoms with Gasteiger partial charge in [-0.2, -0.15) is 0 Å². The molecule has 8 heteroatoms. The summed E-state index contributed by atoms with van der Waals surface area (Å²) in [5.41, 5.74) is -1.31. The molecule has 0 radical (unpaired) electrons. The smallest absolute Gasteiger partial charge is 0.478 e. The summed E-state index contributed by atoms with van der Waals surface area (Å²) in [7, 11) is 0. The Kier molecular flexibility index (Phi) is 4.50. The first kappa shape index (κ1) is 16.8. The molecule has 0 amide bonds. The van der Waals surface area contributed by atoms with E-state index in [1.54, 1.807) is 0 Å². The third kappa shape index (κ3) is 4.97. The van der Waals surface area contributed by atoms with Crippen molar-refractivity contribution in [3.05, 3.63) is 23.8 Å². The van der Waals surface area contributed by atoms with Crippen molar-refractivity contribution in [2.45, 2.75) is 27.1 Å². The Bertz CT molecular complexity index is 558. The molecule has 0 aliphatic heterocycles. The molecule has 1 aromatic carbocycles. The van der Waals surface area contributed by atoms with Crippen LogP contribution in [0.4, 0.5) is 13.2 Å². The summed E-state index contributed by atoms with van der Waals surface area (Å²) >= 11 is 0. The van der Waals surface area contributed by atoms with Gasteiger partial charge in [0, 0.05) is 0 Å². The number of rotatable bonds is 3. The molecule has 0 aliphatic carbocycles. The predicted octanol–water partition coefficient (Wildman–Crippen LogP) is 3.23. The Morgan fingerprint density at radius 3 is 2.10 bits per heavy atom. The number of halogens is 3. The minimum Gasteiger partial charge on any atom is -0.478 e. The molecule has 0 aromatic heterocycles.